The van der Waals surface area contributed by atoms with Crippen molar-refractivity contribution in [3.8, 4) is 0 Å². The molecule has 2 atom stereocenters. The average Bonchev–Trinajstić information content (AvgIpc) is 2.96. The smallest absolute Gasteiger partial charge is 0.169 e. The maximum Gasteiger partial charge on any atom is 0.169 e. The van der Waals surface area contributed by atoms with E-state index < -0.39 is 11.9 Å². The third-order valence-electron chi connectivity index (χ3n) is 4.80. The predicted octanol–water partition coefficient (Wildman–Crippen LogP) is 2.33. The molecule has 2 heterocycles. The number of nitrogens with zero attached hydrogens (tertiary/aromatic N) is 1. The van der Waals surface area contributed by atoms with Gasteiger partial charge in [-0.25, -0.2) is 4.39 Å². The maximum absolute atomic E-state index is 13.8. The molecular formula is C17H24FNO3. The number of halogens is 1. The molecule has 0 amide bonds. The second-order valence-electron chi connectivity index (χ2n) is 6.35. The highest BCUT2D eigenvalue weighted by molar-refractivity contribution is 5.20. The lowest BCUT2D eigenvalue weighted by Crippen LogP contribution is -2.47. The van der Waals surface area contributed by atoms with Gasteiger partial charge in [-0.15, -0.1) is 0 Å². The van der Waals surface area contributed by atoms with Gasteiger partial charge in [0, 0.05) is 24.6 Å². The van der Waals surface area contributed by atoms with Crippen molar-refractivity contribution in [1.29, 1.82) is 0 Å². The molecule has 0 unspecified atom stereocenters. The molecule has 0 spiro atoms. The van der Waals surface area contributed by atoms with Crippen LogP contribution in [0.5, 0.6) is 0 Å². The van der Waals surface area contributed by atoms with Gasteiger partial charge in [0.1, 0.15) is 5.82 Å². The Labute approximate surface area is 130 Å². The summed E-state index contributed by atoms with van der Waals surface area (Å²) >= 11 is 0. The van der Waals surface area contributed by atoms with Crippen LogP contribution < -0.4 is 0 Å². The van der Waals surface area contributed by atoms with Crippen LogP contribution in [0, 0.1) is 11.7 Å². The zero-order valence-corrected chi connectivity index (χ0v) is 13.0. The average molecular weight is 309 g/mol. The van der Waals surface area contributed by atoms with Crippen molar-refractivity contribution < 1.29 is 19.0 Å². The van der Waals surface area contributed by atoms with Crippen LogP contribution in [0.3, 0.4) is 0 Å². The zero-order valence-electron chi connectivity index (χ0n) is 13.0. The van der Waals surface area contributed by atoms with Crippen molar-refractivity contribution in [3.05, 3.63) is 35.6 Å². The van der Waals surface area contributed by atoms with E-state index in [1.54, 1.807) is 18.2 Å². The quantitative estimate of drug-likeness (QED) is 0.927. The third kappa shape index (κ3) is 3.33. The number of aliphatic hydroxyl groups excluding tert-OH is 1. The summed E-state index contributed by atoms with van der Waals surface area (Å²) < 4.78 is 25.3. The summed E-state index contributed by atoms with van der Waals surface area (Å²) in [5.41, 5.74) is 0.365. The first kappa shape index (κ1) is 15.9. The Balaban J connectivity index is 1.62. The van der Waals surface area contributed by atoms with Crippen LogP contribution in [0.15, 0.2) is 24.3 Å². The highest BCUT2D eigenvalue weighted by Crippen LogP contribution is 2.34. The standard InChI is InChI=1S/C17H24FNO3/c1-17(21-9-10-22-17)13-5-4-8-19(11-13)12-16(20)14-6-2-3-7-15(14)18/h2-3,6-7,13,16,20H,4-5,8-12H2,1H3/t13-,16+/m0/s1. The van der Waals surface area contributed by atoms with Gasteiger partial charge in [-0.05, 0) is 32.4 Å². The van der Waals surface area contributed by atoms with Crippen LogP contribution in [0.1, 0.15) is 31.4 Å². The highest BCUT2D eigenvalue weighted by atomic mass is 19.1. The zero-order chi connectivity index (χ0) is 15.6. The Morgan fingerprint density at radius 1 is 1.36 bits per heavy atom. The van der Waals surface area contributed by atoms with Gasteiger partial charge >= 0.3 is 0 Å². The molecule has 0 saturated carbocycles. The van der Waals surface area contributed by atoms with Crippen molar-refractivity contribution in [2.45, 2.75) is 31.7 Å². The van der Waals surface area contributed by atoms with E-state index in [4.69, 9.17) is 9.47 Å². The van der Waals surface area contributed by atoms with E-state index in [1.807, 2.05) is 6.92 Å². The number of β-amino-alcohol motifs (C(OH)–C–C–N with tert-alkyl or cyclic N) is 1. The maximum atomic E-state index is 13.8. The molecule has 0 aromatic heterocycles. The minimum Gasteiger partial charge on any atom is -0.387 e. The first-order valence-electron chi connectivity index (χ1n) is 8.01. The summed E-state index contributed by atoms with van der Waals surface area (Å²) in [7, 11) is 0. The molecule has 0 radical (unpaired) electrons. The molecule has 2 aliphatic rings. The molecule has 22 heavy (non-hydrogen) atoms. The predicted molar refractivity (Wildman–Crippen MR) is 80.8 cm³/mol. The van der Waals surface area contributed by atoms with E-state index >= 15 is 0 Å². The van der Waals surface area contributed by atoms with Gasteiger partial charge in [0.15, 0.2) is 5.79 Å². The number of rotatable bonds is 4. The molecule has 4 nitrogen and oxygen atoms in total. The lowest BCUT2D eigenvalue weighted by molar-refractivity contribution is -0.192. The van der Waals surface area contributed by atoms with Crippen LogP contribution in [-0.2, 0) is 9.47 Å². The Bertz CT molecular complexity index is 504. The molecule has 1 aromatic carbocycles. The van der Waals surface area contributed by atoms with Gasteiger partial charge in [-0.2, -0.15) is 0 Å². The fourth-order valence-corrected chi connectivity index (χ4v) is 3.50. The molecule has 2 saturated heterocycles. The van der Waals surface area contributed by atoms with Crippen LogP contribution >= 0.6 is 0 Å². The molecule has 3 rings (SSSR count). The monoisotopic (exact) mass is 309 g/mol. The van der Waals surface area contributed by atoms with E-state index in [-0.39, 0.29) is 11.7 Å². The molecule has 0 aliphatic carbocycles. The molecule has 122 valence electrons. The van der Waals surface area contributed by atoms with Crippen molar-refractivity contribution in [1.82, 2.24) is 4.90 Å². The van der Waals surface area contributed by atoms with E-state index in [9.17, 15) is 9.50 Å². The van der Waals surface area contributed by atoms with E-state index in [2.05, 4.69) is 4.90 Å². The molecule has 1 N–H and O–H groups in total. The first-order chi connectivity index (χ1) is 10.6. The van der Waals surface area contributed by atoms with Crippen molar-refractivity contribution >= 4 is 0 Å². The third-order valence-corrected chi connectivity index (χ3v) is 4.80. The molecular weight excluding hydrogens is 285 g/mol. The summed E-state index contributed by atoms with van der Waals surface area (Å²) in [5.74, 6) is -0.573. The largest absolute Gasteiger partial charge is 0.387 e. The molecule has 2 fully saturated rings. The van der Waals surface area contributed by atoms with Gasteiger partial charge in [-0.3, -0.25) is 4.90 Å². The van der Waals surface area contributed by atoms with Gasteiger partial charge in [0.25, 0.3) is 0 Å². The highest BCUT2D eigenvalue weighted by Gasteiger charge is 2.41. The SMILES string of the molecule is CC1([C@H]2CCCN(C[C@@H](O)c3ccccc3F)C2)OCCO1. The van der Waals surface area contributed by atoms with Gasteiger partial charge in [0.05, 0.1) is 19.3 Å². The topological polar surface area (TPSA) is 41.9 Å². The minimum absolute atomic E-state index is 0.288. The van der Waals surface area contributed by atoms with Gasteiger partial charge < -0.3 is 14.6 Å². The fourth-order valence-electron chi connectivity index (χ4n) is 3.50. The van der Waals surface area contributed by atoms with E-state index in [1.165, 1.54) is 6.07 Å². The summed E-state index contributed by atoms with van der Waals surface area (Å²) in [6.45, 7) is 5.45. The second kappa shape index (κ2) is 6.62. The first-order valence-corrected chi connectivity index (χ1v) is 8.01. The molecule has 0 bridgehead atoms. The summed E-state index contributed by atoms with van der Waals surface area (Å²) in [6, 6.07) is 6.42. The number of hydrogen-bond donors (Lipinski definition) is 1. The van der Waals surface area contributed by atoms with Crippen molar-refractivity contribution in [3.63, 3.8) is 0 Å². The van der Waals surface area contributed by atoms with E-state index in [0.29, 0.717) is 25.3 Å². The lowest BCUT2D eigenvalue weighted by Gasteiger charge is -2.40. The number of benzene rings is 1. The van der Waals surface area contributed by atoms with Gasteiger partial charge in [-0.1, -0.05) is 18.2 Å². The lowest BCUT2D eigenvalue weighted by atomic mass is 9.90. The number of hydrogen-bond acceptors (Lipinski definition) is 4. The second-order valence-corrected chi connectivity index (χ2v) is 6.35. The van der Waals surface area contributed by atoms with Crippen LogP contribution in [0.2, 0.25) is 0 Å². The Kier molecular flexibility index (Phi) is 4.78. The Hall–Kier alpha value is -1.01. The summed E-state index contributed by atoms with van der Waals surface area (Å²) in [6.07, 6.45) is 1.29. The fraction of sp³-hybridized carbons (Fsp3) is 0.647. The van der Waals surface area contributed by atoms with Crippen molar-refractivity contribution in [2.24, 2.45) is 5.92 Å². The van der Waals surface area contributed by atoms with E-state index in [0.717, 1.165) is 25.9 Å². The number of piperidine rings is 1. The Morgan fingerprint density at radius 2 is 2.09 bits per heavy atom. The molecule has 1 aromatic rings. The minimum atomic E-state index is -0.807. The van der Waals surface area contributed by atoms with Crippen LogP contribution in [0.25, 0.3) is 0 Å². The summed E-state index contributed by atoms with van der Waals surface area (Å²) in [4.78, 5) is 2.18. The summed E-state index contributed by atoms with van der Waals surface area (Å²) in [5, 5.41) is 10.3. The Morgan fingerprint density at radius 3 is 2.82 bits per heavy atom. The number of aliphatic hydroxyl groups is 1. The van der Waals surface area contributed by atoms with Crippen LogP contribution in [0.4, 0.5) is 4.39 Å². The normalized spacial score (nSPS) is 27.0. The number of likely N-dealkylation sites (tertiary alicyclic amines) is 1. The van der Waals surface area contributed by atoms with Gasteiger partial charge in [0.2, 0.25) is 0 Å². The molecule has 2 aliphatic heterocycles. The van der Waals surface area contributed by atoms with Crippen LogP contribution in [-0.4, -0.2) is 48.6 Å². The number of ether oxygens (including phenoxy) is 2. The molecule has 5 heteroatoms. The van der Waals surface area contributed by atoms with Crippen molar-refractivity contribution in [2.75, 3.05) is 32.8 Å².